The summed E-state index contributed by atoms with van der Waals surface area (Å²) < 4.78 is 134. The van der Waals surface area contributed by atoms with Gasteiger partial charge in [0.15, 0.2) is 0 Å². The van der Waals surface area contributed by atoms with E-state index >= 15 is 0 Å². The van der Waals surface area contributed by atoms with E-state index in [2.05, 4.69) is 108 Å². The van der Waals surface area contributed by atoms with Crippen LogP contribution in [0.3, 0.4) is 0 Å². The van der Waals surface area contributed by atoms with Crippen molar-refractivity contribution < 1.29 is 52.5 Å². The van der Waals surface area contributed by atoms with Crippen LogP contribution in [0.1, 0.15) is 76.0 Å². The second-order valence-corrected chi connectivity index (χ2v) is 12.5. The third kappa shape index (κ3) is 7.09. The van der Waals surface area contributed by atoms with E-state index in [1.54, 1.807) is 0 Å². The highest BCUT2D eigenvalue weighted by Crippen LogP contribution is 2.54. The average molecular weight is 657 g/mol. The molecule has 13 heteroatoms. The number of halogens is 9. The van der Waals surface area contributed by atoms with Crippen molar-refractivity contribution in [2.45, 2.75) is 82.6 Å². The minimum Gasteiger partial charge on any atom is -0.281 e. The van der Waals surface area contributed by atoms with E-state index in [4.69, 9.17) is 4.55 Å². The van der Waals surface area contributed by atoms with Gasteiger partial charge < -0.3 is 0 Å². The molecule has 0 saturated heterocycles. The van der Waals surface area contributed by atoms with E-state index in [1.165, 1.54) is 38.9 Å². The van der Waals surface area contributed by atoms with Gasteiger partial charge in [0.25, 0.3) is 0 Å². The van der Waals surface area contributed by atoms with Gasteiger partial charge in [-0.3, -0.25) is 4.55 Å². The molecule has 244 valence electrons. The van der Waals surface area contributed by atoms with Crippen molar-refractivity contribution in [1.82, 2.24) is 0 Å². The predicted octanol–water partition coefficient (Wildman–Crippen LogP) is 10.7. The van der Waals surface area contributed by atoms with E-state index in [-0.39, 0.29) is 0 Å². The van der Waals surface area contributed by atoms with Gasteiger partial charge in [-0.1, -0.05) is 108 Å². The van der Waals surface area contributed by atoms with Gasteiger partial charge in [0.2, 0.25) is 0 Å². The number of hydrogen-bond donors (Lipinski definition) is 1. The standard InChI is InChI=1S/C27H32.C4HF9O3S/c1-18(2)23-17-24(19(3)4)27(22-15-11-8-12-16-22)25(20(5)6)26(23)21-13-9-7-10-14-21;5-1(6,3(9,10)11)2(7,8)4(12,13)17(14,15)16/h7-20H,1-6H3;(H,14,15,16). The number of rotatable bonds is 8. The second-order valence-electron chi connectivity index (χ2n) is 11.1. The molecule has 0 unspecified atom stereocenters. The summed E-state index contributed by atoms with van der Waals surface area (Å²) in [5.41, 5.74) is 9.95. The van der Waals surface area contributed by atoms with Gasteiger partial charge in [-0.2, -0.15) is 47.9 Å². The van der Waals surface area contributed by atoms with Gasteiger partial charge in [-0.05, 0) is 56.7 Å². The van der Waals surface area contributed by atoms with Crippen molar-refractivity contribution >= 4 is 10.1 Å². The summed E-state index contributed by atoms with van der Waals surface area (Å²) >= 11 is 0. The van der Waals surface area contributed by atoms with Crippen molar-refractivity contribution in [2.24, 2.45) is 0 Å². The summed E-state index contributed by atoms with van der Waals surface area (Å²) in [4.78, 5) is 0. The third-order valence-electron chi connectivity index (χ3n) is 6.81. The Balaban J connectivity index is 0.000000345. The Morgan fingerprint density at radius 2 is 0.909 bits per heavy atom. The molecule has 3 nitrogen and oxygen atoms in total. The number of alkyl halides is 9. The van der Waals surface area contributed by atoms with Crippen LogP contribution in [0.5, 0.6) is 0 Å². The summed E-state index contributed by atoms with van der Waals surface area (Å²) in [7, 11) is -7.17. The Bertz CT molecular complexity index is 1450. The van der Waals surface area contributed by atoms with Crippen LogP contribution in [-0.4, -0.2) is 36.2 Å². The molecule has 3 rings (SSSR count). The zero-order chi connectivity index (χ0) is 34.1. The van der Waals surface area contributed by atoms with Crippen molar-refractivity contribution in [3.8, 4) is 22.3 Å². The molecule has 1 N–H and O–H groups in total. The highest BCUT2D eigenvalue weighted by atomic mass is 32.2. The number of benzene rings is 3. The van der Waals surface area contributed by atoms with Crippen LogP contribution in [0.15, 0.2) is 66.7 Å². The lowest BCUT2D eigenvalue weighted by Gasteiger charge is -2.31. The zero-order valence-corrected chi connectivity index (χ0v) is 25.5. The van der Waals surface area contributed by atoms with Crippen molar-refractivity contribution in [3.63, 3.8) is 0 Å². The first-order valence-electron chi connectivity index (χ1n) is 13.4. The Morgan fingerprint density at radius 3 is 1.16 bits per heavy atom. The molecule has 0 bridgehead atoms. The predicted molar refractivity (Wildman–Crippen MR) is 152 cm³/mol. The van der Waals surface area contributed by atoms with Crippen LogP contribution in [-0.2, 0) is 10.1 Å². The molecular weight excluding hydrogens is 623 g/mol. The molecule has 3 aromatic rings. The maximum absolute atomic E-state index is 12.2. The first-order valence-corrected chi connectivity index (χ1v) is 14.8. The molecule has 44 heavy (non-hydrogen) atoms. The lowest BCUT2D eigenvalue weighted by atomic mass is 9.76. The average Bonchev–Trinajstić information content (AvgIpc) is 2.91. The molecule has 0 amide bonds. The van der Waals surface area contributed by atoms with Gasteiger partial charge in [-0.25, -0.2) is 0 Å². The van der Waals surface area contributed by atoms with E-state index in [9.17, 15) is 47.9 Å². The minimum absolute atomic E-state index is 0.451. The smallest absolute Gasteiger partial charge is 0.281 e. The fourth-order valence-corrected chi connectivity index (χ4v) is 5.06. The molecule has 0 aliphatic carbocycles. The molecule has 0 aromatic heterocycles. The molecule has 3 aromatic carbocycles. The van der Waals surface area contributed by atoms with Crippen LogP contribution in [0.2, 0.25) is 0 Å². The Morgan fingerprint density at radius 1 is 0.568 bits per heavy atom. The largest absolute Gasteiger partial charge is 0.460 e. The highest BCUT2D eigenvalue weighted by Gasteiger charge is 2.85. The molecule has 0 aliphatic heterocycles. The maximum Gasteiger partial charge on any atom is 0.460 e. The quantitative estimate of drug-likeness (QED) is 0.194. The van der Waals surface area contributed by atoms with Gasteiger partial charge in [0, 0.05) is 0 Å². The van der Waals surface area contributed by atoms with Crippen molar-refractivity contribution in [1.29, 1.82) is 0 Å². The summed E-state index contributed by atoms with van der Waals surface area (Å²) in [6, 6.07) is 24.4. The topological polar surface area (TPSA) is 54.4 Å². The Kier molecular flexibility index (Phi) is 11.1. The van der Waals surface area contributed by atoms with E-state index in [1.807, 2.05) is 0 Å². The molecular formula is C31H33F9O3S. The third-order valence-corrected chi connectivity index (χ3v) is 7.72. The minimum atomic E-state index is -7.37. The first kappa shape index (κ1) is 37.1. The van der Waals surface area contributed by atoms with Crippen molar-refractivity contribution in [2.75, 3.05) is 0 Å². The maximum atomic E-state index is 12.2. The summed E-state index contributed by atoms with van der Waals surface area (Å²) in [6.45, 7) is 13.9. The van der Waals surface area contributed by atoms with Crippen LogP contribution in [0, 0.1) is 0 Å². The summed E-state index contributed by atoms with van der Waals surface area (Å²) in [6.07, 6.45) is -7.13. The lowest BCUT2D eigenvalue weighted by molar-refractivity contribution is -0.382. The fourth-order valence-electron chi connectivity index (χ4n) is 4.61. The monoisotopic (exact) mass is 656 g/mol. The fraction of sp³-hybridized carbons (Fsp3) is 0.419. The second kappa shape index (κ2) is 13.1. The Hall–Kier alpha value is -3.06. The van der Waals surface area contributed by atoms with Crippen LogP contribution in [0.25, 0.3) is 22.3 Å². The van der Waals surface area contributed by atoms with Crippen molar-refractivity contribution in [3.05, 3.63) is 83.4 Å². The molecule has 0 radical (unpaired) electrons. The SMILES string of the molecule is CC(C)c1cc(C(C)C)c(-c2ccccc2)c(C(C)C)c1-c1ccccc1.O=S(=O)(O)C(F)(F)C(F)(F)C(F)(F)C(F)(F)F. The summed E-state index contributed by atoms with van der Waals surface area (Å²) in [5.74, 6) is -13.3. The first-order chi connectivity index (χ1) is 19.9. The summed E-state index contributed by atoms with van der Waals surface area (Å²) in [5, 5.41) is -7.00. The molecule has 0 spiro atoms. The van der Waals surface area contributed by atoms with E-state index in [0.717, 1.165) is 0 Å². The Labute approximate surface area is 250 Å². The highest BCUT2D eigenvalue weighted by molar-refractivity contribution is 7.87. The zero-order valence-electron chi connectivity index (χ0n) is 24.7. The molecule has 0 heterocycles. The van der Waals surface area contributed by atoms with Gasteiger partial charge in [0.1, 0.15) is 0 Å². The van der Waals surface area contributed by atoms with E-state index < -0.39 is 33.4 Å². The molecule has 0 saturated carbocycles. The lowest BCUT2D eigenvalue weighted by Crippen LogP contribution is -2.63. The van der Waals surface area contributed by atoms with Crippen LogP contribution in [0.4, 0.5) is 39.5 Å². The van der Waals surface area contributed by atoms with Gasteiger partial charge in [0.05, 0.1) is 0 Å². The van der Waals surface area contributed by atoms with E-state index in [0.29, 0.717) is 17.8 Å². The van der Waals surface area contributed by atoms with Gasteiger partial charge in [-0.15, -0.1) is 0 Å². The van der Waals surface area contributed by atoms with Crippen LogP contribution < -0.4 is 0 Å². The normalized spacial score (nSPS) is 13.3. The molecule has 0 fully saturated rings. The number of hydrogen-bond acceptors (Lipinski definition) is 2. The van der Waals surface area contributed by atoms with Crippen LogP contribution >= 0.6 is 0 Å². The van der Waals surface area contributed by atoms with Gasteiger partial charge >= 0.3 is 33.4 Å². The molecule has 0 aliphatic rings. The molecule has 0 atom stereocenters.